The lowest BCUT2D eigenvalue weighted by molar-refractivity contribution is -0.944. The molecule has 2 aliphatic carbocycles. The van der Waals surface area contributed by atoms with Gasteiger partial charge < -0.3 is 40.1 Å². The summed E-state index contributed by atoms with van der Waals surface area (Å²) in [5, 5.41) is 23.7. The molecule has 2 bridgehead atoms. The number of rotatable bonds is 9. The number of carboxylic acids is 1. The Hall–Kier alpha value is -3.48. The molecule has 0 aromatic heterocycles. The first-order chi connectivity index (χ1) is 18.9. The van der Waals surface area contributed by atoms with E-state index in [-0.39, 0.29) is 37.1 Å². The number of Topliss-reactive ketones (excluding diaryl/α,β-unsaturated/α-hetero) is 1. The van der Waals surface area contributed by atoms with Crippen LogP contribution in [0.3, 0.4) is 0 Å². The second kappa shape index (κ2) is 9.86. The predicted octanol–water partition coefficient (Wildman–Crippen LogP) is 0.0892. The largest absolute Gasteiger partial charge is 0.481 e. The normalized spacial score (nSPS) is 31.9. The van der Waals surface area contributed by atoms with Crippen molar-refractivity contribution < 1.29 is 43.3 Å². The average molecular weight is 558 g/mol. The van der Waals surface area contributed by atoms with Crippen LogP contribution in [0.5, 0.6) is 11.5 Å². The number of ketones is 1. The molecule has 1 saturated carbocycles. The van der Waals surface area contributed by atoms with Crippen LogP contribution in [0.4, 0.5) is 4.79 Å². The fourth-order valence-electron chi connectivity index (χ4n) is 7.44. The molecule has 2 aliphatic heterocycles. The van der Waals surface area contributed by atoms with Crippen LogP contribution < -0.4 is 20.5 Å². The van der Waals surface area contributed by atoms with E-state index in [1.165, 1.54) is 11.9 Å². The summed E-state index contributed by atoms with van der Waals surface area (Å²) < 4.78 is 12.7. The fourth-order valence-corrected chi connectivity index (χ4v) is 7.44. The van der Waals surface area contributed by atoms with E-state index >= 15 is 0 Å². The van der Waals surface area contributed by atoms with Gasteiger partial charge in [-0.2, -0.15) is 0 Å². The number of carboxylic acid groups (broad SMARTS) is 1. The lowest BCUT2D eigenvalue weighted by Crippen LogP contribution is -2.80. The lowest BCUT2D eigenvalue weighted by atomic mass is 9.48. The van der Waals surface area contributed by atoms with Crippen molar-refractivity contribution >= 4 is 23.8 Å². The zero-order valence-corrected chi connectivity index (χ0v) is 22.9. The molecule has 2 fully saturated rings. The Labute approximate surface area is 232 Å². The standard InChI is InChI=1S/C28H36N4O8/c1-4-12-32(3)13-9-27-22-16-5-6-19(23(22)40-24(27)18(33)7-8-28(27,38)20(32)14-16)39-26(37)31(2)11-10-30-25(36)17(29)15-21(34)35/h4-6,17,20,24,38H,1,7-15,29H2,2-3H3,(H-,30,34,35,36)/p+1/t17-,20+,24-,27-,28+,32?/m0/s1. The highest BCUT2D eigenvalue weighted by Gasteiger charge is 2.76. The van der Waals surface area contributed by atoms with E-state index in [2.05, 4.69) is 18.9 Å². The summed E-state index contributed by atoms with van der Waals surface area (Å²) in [4.78, 5) is 50.1. The Morgan fingerprint density at radius 1 is 1.38 bits per heavy atom. The Morgan fingerprint density at radius 2 is 2.12 bits per heavy atom. The molecule has 5 N–H and O–H groups in total. The van der Waals surface area contributed by atoms with Gasteiger partial charge in [-0.3, -0.25) is 14.4 Å². The lowest BCUT2D eigenvalue weighted by Gasteiger charge is -2.64. The van der Waals surface area contributed by atoms with Gasteiger partial charge in [0.1, 0.15) is 11.6 Å². The average Bonchev–Trinajstić information content (AvgIpc) is 3.26. The van der Waals surface area contributed by atoms with Crippen LogP contribution in [0.1, 0.15) is 36.8 Å². The second-order valence-corrected chi connectivity index (χ2v) is 11.7. The first kappa shape index (κ1) is 28.1. The molecule has 6 atom stereocenters. The molecule has 216 valence electrons. The number of aliphatic carboxylic acids is 1. The Balaban J connectivity index is 1.37. The number of likely N-dealkylation sites (N-methyl/N-ethyl adjacent to an activating group) is 2. The molecular weight excluding hydrogens is 520 g/mol. The number of likely N-dealkylation sites (tertiary alicyclic amines) is 1. The minimum absolute atomic E-state index is 0.0428. The van der Waals surface area contributed by atoms with Crippen LogP contribution in [0.15, 0.2) is 24.8 Å². The molecule has 2 heterocycles. The summed E-state index contributed by atoms with van der Waals surface area (Å²) in [6.45, 7) is 5.52. The van der Waals surface area contributed by atoms with Crippen LogP contribution in [-0.4, -0.2) is 107 Å². The Bertz CT molecular complexity index is 1290. The van der Waals surface area contributed by atoms with Gasteiger partial charge in [-0.25, -0.2) is 4.79 Å². The van der Waals surface area contributed by atoms with Crippen molar-refractivity contribution in [3.8, 4) is 11.5 Å². The molecule has 12 nitrogen and oxygen atoms in total. The molecule has 0 radical (unpaired) electrons. The summed E-state index contributed by atoms with van der Waals surface area (Å²) in [7, 11) is 3.63. The van der Waals surface area contributed by atoms with Gasteiger partial charge in [0.05, 0.1) is 38.0 Å². The molecular formula is C28H37N4O8+. The molecule has 4 aliphatic rings. The number of piperidine rings is 1. The van der Waals surface area contributed by atoms with E-state index in [1.54, 1.807) is 6.07 Å². The van der Waals surface area contributed by atoms with Crippen LogP contribution in [0.25, 0.3) is 0 Å². The second-order valence-electron chi connectivity index (χ2n) is 11.7. The summed E-state index contributed by atoms with van der Waals surface area (Å²) in [5.74, 6) is -1.36. The van der Waals surface area contributed by atoms with Gasteiger partial charge in [0, 0.05) is 45.0 Å². The molecule has 1 aromatic carbocycles. The van der Waals surface area contributed by atoms with Crippen molar-refractivity contribution in [2.75, 3.05) is 40.3 Å². The fraction of sp³-hybridized carbons (Fsp3) is 0.571. The number of ether oxygens (including phenoxy) is 2. The van der Waals surface area contributed by atoms with Crippen LogP contribution in [-0.2, 0) is 26.2 Å². The van der Waals surface area contributed by atoms with Crippen molar-refractivity contribution in [2.45, 2.75) is 61.3 Å². The van der Waals surface area contributed by atoms with Gasteiger partial charge in [0.15, 0.2) is 23.4 Å². The molecule has 1 aromatic rings. The zero-order chi connectivity index (χ0) is 29.0. The van der Waals surface area contributed by atoms with Gasteiger partial charge in [-0.15, -0.1) is 0 Å². The minimum atomic E-state index is -1.19. The SMILES string of the molecule is C=CC[N+]1(C)CC[C@]23c4c5ccc(OC(=O)N(C)CCNC(=O)[C@@H](N)CC(=O)O)c4O[C@H]2C(=O)CC[C@@]3(O)[C@H]1C5. The first-order valence-corrected chi connectivity index (χ1v) is 13.6. The highest BCUT2D eigenvalue weighted by molar-refractivity contribution is 5.90. The molecule has 40 heavy (non-hydrogen) atoms. The van der Waals surface area contributed by atoms with E-state index in [4.69, 9.17) is 20.3 Å². The number of nitrogens with zero attached hydrogens (tertiary/aromatic N) is 2. The quantitative estimate of drug-likeness (QED) is 0.243. The first-order valence-electron chi connectivity index (χ1n) is 13.6. The maximum atomic E-state index is 13.2. The number of carbonyl (C=O) groups excluding carboxylic acids is 3. The topological polar surface area (TPSA) is 168 Å². The Kier molecular flexibility index (Phi) is 6.92. The summed E-state index contributed by atoms with van der Waals surface area (Å²) in [6, 6.07) is 2.25. The van der Waals surface area contributed by atoms with E-state index in [0.29, 0.717) is 36.0 Å². The number of nitrogens with one attached hydrogen (secondary N) is 1. The minimum Gasteiger partial charge on any atom is -0.481 e. The van der Waals surface area contributed by atoms with Crippen molar-refractivity contribution in [2.24, 2.45) is 5.73 Å². The van der Waals surface area contributed by atoms with Gasteiger partial charge in [-0.05, 0) is 24.1 Å². The molecule has 5 rings (SSSR count). The number of quaternary nitrogens is 1. The van der Waals surface area contributed by atoms with Crippen LogP contribution in [0.2, 0.25) is 0 Å². The summed E-state index contributed by atoms with van der Waals surface area (Å²) in [5.41, 5.74) is 5.26. The van der Waals surface area contributed by atoms with E-state index in [0.717, 1.165) is 17.7 Å². The van der Waals surface area contributed by atoms with E-state index in [1.807, 2.05) is 12.1 Å². The van der Waals surface area contributed by atoms with Crippen molar-refractivity contribution in [1.82, 2.24) is 10.2 Å². The smallest absolute Gasteiger partial charge is 0.415 e. The zero-order valence-electron chi connectivity index (χ0n) is 22.9. The molecule has 1 unspecified atom stereocenters. The molecule has 2 amide bonds. The van der Waals surface area contributed by atoms with Crippen molar-refractivity contribution in [3.63, 3.8) is 0 Å². The van der Waals surface area contributed by atoms with Gasteiger partial charge in [-0.1, -0.05) is 12.6 Å². The number of aliphatic hydroxyl groups is 1. The van der Waals surface area contributed by atoms with Crippen LogP contribution >= 0.6 is 0 Å². The van der Waals surface area contributed by atoms with Gasteiger partial charge >= 0.3 is 12.1 Å². The third-order valence-corrected chi connectivity index (χ3v) is 9.42. The maximum absolute atomic E-state index is 13.2. The molecule has 12 heteroatoms. The highest BCUT2D eigenvalue weighted by Crippen LogP contribution is 2.65. The Morgan fingerprint density at radius 3 is 2.83 bits per heavy atom. The monoisotopic (exact) mass is 557 g/mol. The van der Waals surface area contributed by atoms with Crippen molar-refractivity contribution in [3.05, 3.63) is 35.9 Å². The van der Waals surface area contributed by atoms with Gasteiger partial charge in [0.25, 0.3) is 0 Å². The highest BCUT2D eigenvalue weighted by atomic mass is 16.6. The molecule has 1 spiro atoms. The van der Waals surface area contributed by atoms with Crippen LogP contribution in [0, 0.1) is 0 Å². The summed E-state index contributed by atoms with van der Waals surface area (Å²) in [6.07, 6.45) is 1.57. The number of benzene rings is 1. The summed E-state index contributed by atoms with van der Waals surface area (Å²) >= 11 is 0. The maximum Gasteiger partial charge on any atom is 0.415 e. The van der Waals surface area contributed by atoms with E-state index in [9.17, 15) is 24.3 Å². The number of nitrogens with two attached hydrogens (primary N) is 1. The number of amides is 2. The number of carbonyl (C=O) groups is 4. The predicted molar refractivity (Wildman–Crippen MR) is 142 cm³/mol. The third-order valence-electron chi connectivity index (χ3n) is 9.42. The third kappa shape index (κ3) is 4.08. The van der Waals surface area contributed by atoms with E-state index < -0.39 is 47.6 Å². The van der Waals surface area contributed by atoms with Crippen molar-refractivity contribution in [1.29, 1.82) is 0 Å². The number of hydrogen-bond donors (Lipinski definition) is 4. The number of hydrogen-bond acceptors (Lipinski definition) is 8. The van der Waals surface area contributed by atoms with Gasteiger partial charge in [0.2, 0.25) is 5.91 Å². The molecule has 1 saturated heterocycles.